The summed E-state index contributed by atoms with van der Waals surface area (Å²) in [5.41, 5.74) is 4.24. The van der Waals surface area contributed by atoms with E-state index in [1.165, 1.54) is 6.33 Å². The molecule has 0 unspecified atom stereocenters. The van der Waals surface area contributed by atoms with Gasteiger partial charge in [0.25, 0.3) is 5.78 Å². The van der Waals surface area contributed by atoms with E-state index in [1.807, 2.05) is 13.0 Å². The zero-order chi connectivity index (χ0) is 11.7. The normalized spacial score (nSPS) is 17.5. The minimum atomic E-state index is 0.612. The maximum Gasteiger partial charge on any atom is 0.254 e. The molecule has 0 spiro atoms. The molecule has 0 atom stereocenters. The SMILES string of the molecule is Cc1cc(NN2CCOCC2)n2ncnc2n1. The average molecular weight is 234 g/mol. The molecule has 0 aromatic carbocycles. The molecule has 1 aliphatic heterocycles. The molecule has 17 heavy (non-hydrogen) atoms. The van der Waals surface area contributed by atoms with Crippen LogP contribution in [0.15, 0.2) is 12.4 Å². The molecule has 0 saturated carbocycles. The number of morpholine rings is 1. The predicted molar refractivity (Wildman–Crippen MR) is 61.5 cm³/mol. The molecule has 0 radical (unpaired) electrons. The number of hydrogen-bond donors (Lipinski definition) is 1. The third-order valence-corrected chi connectivity index (χ3v) is 2.66. The summed E-state index contributed by atoms with van der Waals surface area (Å²) in [6, 6.07) is 1.96. The fourth-order valence-corrected chi connectivity index (χ4v) is 1.85. The number of aryl methyl sites for hydroxylation is 1. The van der Waals surface area contributed by atoms with Gasteiger partial charge in [0, 0.05) is 24.8 Å². The Labute approximate surface area is 98.4 Å². The number of aromatic nitrogens is 4. The Morgan fingerprint density at radius 1 is 1.35 bits per heavy atom. The minimum Gasteiger partial charge on any atom is -0.379 e. The molecular formula is C10H14N6O. The molecule has 0 amide bonds. The van der Waals surface area contributed by atoms with E-state index in [0.29, 0.717) is 5.78 Å². The van der Waals surface area contributed by atoms with Crippen LogP contribution in [-0.2, 0) is 4.74 Å². The van der Waals surface area contributed by atoms with Crippen molar-refractivity contribution in [3.63, 3.8) is 0 Å². The zero-order valence-corrected chi connectivity index (χ0v) is 9.63. The van der Waals surface area contributed by atoms with Gasteiger partial charge in [-0.05, 0) is 6.92 Å². The van der Waals surface area contributed by atoms with Crippen molar-refractivity contribution in [2.45, 2.75) is 6.92 Å². The van der Waals surface area contributed by atoms with E-state index >= 15 is 0 Å². The van der Waals surface area contributed by atoms with Crippen molar-refractivity contribution in [1.29, 1.82) is 0 Å². The predicted octanol–water partition coefficient (Wildman–Crippen LogP) is 0.0918. The lowest BCUT2D eigenvalue weighted by molar-refractivity contribution is 0.0494. The fourth-order valence-electron chi connectivity index (χ4n) is 1.85. The Balaban J connectivity index is 1.90. The summed E-state index contributed by atoms with van der Waals surface area (Å²) in [6.07, 6.45) is 1.51. The molecular weight excluding hydrogens is 220 g/mol. The molecule has 2 aromatic heterocycles. The minimum absolute atomic E-state index is 0.612. The molecule has 1 saturated heterocycles. The van der Waals surface area contributed by atoms with Gasteiger partial charge < -0.3 is 10.2 Å². The Morgan fingerprint density at radius 2 is 2.18 bits per heavy atom. The van der Waals surface area contributed by atoms with Crippen LogP contribution in [0.4, 0.5) is 5.82 Å². The summed E-state index contributed by atoms with van der Waals surface area (Å²) in [5.74, 6) is 1.49. The maximum absolute atomic E-state index is 5.30. The average Bonchev–Trinajstić information content (AvgIpc) is 2.78. The van der Waals surface area contributed by atoms with Crippen molar-refractivity contribution in [2.75, 3.05) is 31.7 Å². The highest BCUT2D eigenvalue weighted by atomic mass is 16.5. The Morgan fingerprint density at radius 3 is 3.00 bits per heavy atom. The lowest BCUT2D eigenvalue weighted by Gasteiger charge is -2.27. The van der Waals surface area contributed by atoms with Gasteiger partial charge in [0.2, 0.25) is 0 Å². The molecule has 2 aromatic rings. The van der Waals surface area contributed by atoms with Crippen molar-refractivity contribution in [1.82, 2.24) is 24.6 Å². The highest BCUT2D eigenvalue weighted by Crippen LogP contribution is 2.11. The molecule has 7 nitrogen and oxygen atoms in total. The van der Waals surface area contributed by atoms with Crippen molar-refractivity contribution >= 4 is 11.6 Å². The van der Waals surface area contributed by atoms with Gasteiger partial charge in [-0.15, -0.1) is 0 Å². The van der Waals surface area contributed by atoms with Gasteiger partial charge in [0.05, 0.1) is 13.2 Å². The van der Waals surface area contributed by atoms with Crippen LogP contribution in [0.2, 0.25) is 0 Å². The Kier molecular flexibility index (Phi) is 2.62. The highest BCUT2D eigenvalue weighted by molar-refractivity contribution is 5.43. The number of hydrogen-bond acceptors (Lipinski definition) is 6. The summed E-state index contributed by atoms with van der Waals surface area (Å²) in [5, 5.41) is 6.26. The molecule has 3 heterocycles. The van der Waals surface area contributed by atoms with E-state index < -0.39 is 0 Å². The lowest BCUT2D eigenvalue weighted by Crippen LogP contribution is -2.40. The fraction of sp³-hybridized carbons (Fsp3) is 0.500. The van der Waals surface area contributed by atoms with Gasteiger partial charge in [0.15, 0.2) is 0 Å². The number of fused-ring (bicyclic) bond motifs is 1. The smallest absolute Gasteiger partial charge is 0.254 e. The first kappa shape index (κ1) is 10.4. The Hall–Kier alpha value is -1.73. The molecule has 3 rings (SSSR count). The monoisotopic (exact) mass is 234 g/mol. The van der Waals surface area contributed by atoms with Crippen LogP contribution >= 0.6 is 0 Å². The topological polar surface area (TPSA) is 67.6 Å². The van der Waals surface area contributed by atoms with Gasteiger partial charge in [-0.1, -0.05) is 0 Å². The van der Waals surface area contributed by atoms with Gasteiger partial charge in [0.1, 0.15) is 12.1 Å². The second kappa shape index (κ2) is 4.27. The van der Waals surface area contributed by atoms with Crippen molar-refractivity contribution in [3.8, 4) is 0 Å². The number of nitrogens with zero attached hydrogens (tertiary/aromatic N) is 5. The van der Waals surface area contributed by atoms with Crippen LogP contribution in [-0.4, -0.2) is 50.9 Å². The molecule has 1 fully saturated rings. The van der Waals surface area contributed by atoms with E-state index in [2.05, 4.69) is 25.5 Å². The third kappa shape index (κ3) is 2.06. The summed E-state index contributed by atoms with van der Waals surface area (Å²) < 4.78 is 7.00. The zero-order valence-electron chi connectivity index (χ0n) is 9.63. The van der Waals surface area contributed by atoms with Crippen LogP contribution in [0, 0.1) is 6.92 Å². The molecule has 90 valence electrons. The maximum atomic E-state index is 5.30. The molecule has 1 aliphatic rings. The van der Waals surface area contributed by atoms with Crippen LogP contribution in [0.5, 0.6) is 0 Å². The largest absolute Gasteiger partial charge is 0.379 e. The van der Waals surface area contributed by atoms with E-state index in [-0.39, 0.29) is 0 Å². The lowest BCUT2D eigenvalue weighted by atomic mass is 10.4. The first-order valence-corrected chi connectivity index (χ1v) is 5.60. The first-order chi connectivity index (χ1) is 8.33. The van der Waals surface area contributed by atoms with E-state index in [9.17, 15) is 0 Å². The van der Waals surface area contributed by atoms with E-state index in [4.69, 9.17) is 4.74 Å². The third-order valence-electron chi connectivity index (χ3n) is 2.66. The number of hydrazine groups is 1. The number of anilines is 1. The van der Waals surface area contributed by atoms with Gasteiger partial charge in [-0.2, -0.15) is 14.6 Å². The molecule has 1 N–H and O–H groups in total. The van der Waals surface area contributed by atoms with Crippen molar-refractivity contribution in [3.05, 3.63) is 18.1 Å². The standard InChI is InChI=1S/C10H14N6O/c1-8-6-9(14-15-2-4-17-5-3-15)16-10(13-8)11-7-12-16/h6-7,14H,2-5H2,1H3. The number of nitrogens with one attached hydrogen (secondary N) is 1. The molecule has 0 aliphatic carbocycles. The van der Waals surface area contributed by atoms with E-state index in [0.717, 1.165) is 37.8 Å². The molecule has 7 heteroatoms. The Bertz CT molecular complexity index is 518. The van der Waals surface area contributed by atoms with Crippen molar-refractivity contribution in [2.24, 2.45) is 0 Å². The van der Waals surface area contributed by atoms with Crippen molar-refractivity contribution < 1.29 is 4.74 Å². The van der Waals surface area contributed by atoms with Gasteiger partial charge >= 0.3 is 0 Å². The number of ether oxygens (including phenoxy) is 1. The summed E-state index contributed by atoms with van der Waals surface area (Å²) in [7, 11) is 0. The van der Waals surface area contributed by atoms with Crippen LogP contribution in [0.3, 0.4) is 0 Å². The second-order valence-electron chi connectivity index (χ2n) is 3.97. The summed E-state index contributed by atoms with van der Waals surface area (Å²) in [4.78, 5) is 8.39. The van der Waals surface area contributed by atoms with Gasteiger partial charge in [-0.25, -0.2) is 9.99 Å². The van der Waals surface area contributed by atoms with Gasteiger partial charge in [-0.3, -0.25) is 0 Å². The van der Waals surface area contributed by atoms with Crippen LogP contribution in [0.25, 0.3) is 5.78 Å². The van der Waals surface area contributed by atoms with Crippen LogP contribution in [0.1, 0.15) is 5.69 Å². The quantitative estimate of drug-likeness (QED) is 0.794. The molecule has 0 bridgehead atoms. The second-order valence-corrected chi connectivity index (χ2v) is 3.97. The summed E-state index contributed by atoms with van der Waals surface area (Å²) in [6.45, 7) is 5.16. The highest BCUT2D eigenvalue weighted by Gasteiger charge is 2.12. The first-order valence-electron chi connectivity index (χ1n) is 5.60. The van der Waals surface area contributed by atoms with Crippen LogP contribution < -0.4 is 5.43 Å². The van der Waals surface area contributed by atoms with E-state index in [1.54, 1.807) is 4.52 Å². The number of rotatable bonds is 2. The summed E-state index contributed by atoms with van der Waals surface area (Å²) >= 11 is 0.